The summed E-state index contributed by atoms with van der Waals surface area (Å²) >= 11 is 0. The van der Waals surface area contributed by atoms with E-state index in [2.05, 4.69) is 25.3 Å². The number of carbonyl (C=O) groups is 1. The molecule has 1 saturated heterocycles. The first kappa shape index (κ1) is 24.9. The molecule has 1 aliphatic heterocycles. The number of aromatic nitrogens is 4. The molecule has 4 aromatic rings. The average molecular weight is 520 g/mol. The van der Waals surface area contributed by atoms with Crippen LogP contribution in [0.1, 0.15) is 0 Å². The number of nitrogens with one attached hydrogen (secondary N) is 1. The number of hydrogen-bond donors (Lipinski definition) is 1. The Bertz CT molecular complexity index is 1450. The van der Waals surface area contributed by atoms with Gasteiger partial charge in [-0.15, -0.1) is 0 Å². The number of urea groups is 1. The second-order valence-electron chi connectivity index (χ2n) is 8.51. The first-order chi connectivity index (χ1) is 18.6. The van der Waals surface area contributed by atoms with Crippen LogP contribution >= 0.6 is 0 Å². The number of ether oxygens (including phenoxy) is 4. The molecule has 2 aromatic heterocycles. The van der Waals surface area contributed by atoms with E-state index in [0.717, 1.165) is 16.9 Å². The molecule has 0 spiro atoms. The molecule has 5 rings (SSSR count). The van der Waals surface area contributed by atoms with E-state index < -0.39 is 0 Å². The number of hydrogen-bond acceptors (Lipinski definition) is 9. The predicted octanol–water partition coefficient (Wildman–Crippen LogP) is 3.18. The molecule has 0 unspecified atom stereocenters. The largest absolute Gasteiger partial charge is 0.497 e. The number of carbonyl (C=O) groups excluding carboxylic acids is 1. The van der Waals surface area contributed by atoms with Crippen molar-refractivity contribution in [1.82, 2.24) is 24.5 Å². The van der Waals surface area contributed by atoms with Crippen LogP contribution in [0.5, 0.6) is 23.0 Å². The van der Waals surface area contributed by atoms with Crippen molar-refractivity contribution < 1.29 is 23.7 Å². The third-order valence-corrected chi connectivity index (χ3v) is 6.49. The summed E-state index contributed by atoms with van der Waals surface area (Å²) in [6.07, 6.45) is 3.27. The summed E-state index contributed by atoms with van der Waals surface area (Å²) in [5.41, 5.74) is 2.31. The zero-order valence-corrected chi connectivity index (χ0v) is 21.7. The Kier molecular flexibility index (Phi) is 7.03. The van der Waals surface area contributed by atoms with Gasteiger partial charge in [0, 0.05) is 44.0 Å². The molecule has 38 heavy (non-hydrogen) atoms. The molecule has 1 fully saturated rings. The minimum absolute atomic E-state index is 0.211. The van der Waals surface area contributed by atoms with Gasteiger partial charge in [-0.3, -0.25) is 0 Å². The molecule has 198 valence electrons. The highest BCUT2D eigenvalue weighted by Crippen LogP contribution is 2.37. The molecule has 0 aliphatic carbocycles. The van der Waals surface area contributed by atoms with Crippen LogP contribution in [-0.4, -0.2) is 85.1 Å². The standard InChI is InChI=1S/C26H29N7O5/c1-35-18-6-8-21(36-2)20(14-18)30-26(34)32-11-9-31(10-12-32)24-19(15-27-25-28-16-29-33(24)25)17-5-7-22(37-3)23(13-17)38-4/h5-8,13-16H,9-12H2,1-4H3,(H,30,34). The molecule has 1 aliphatic rings. The molecule has 0 bridgehead atoms. The fourth-order valence-electron chi connectivity index (χ4n) is 4.51. The van der Waals surface area contributed by atoms with Crippen molar-refractivity contribution in [3.63, 3.8) is 0 Å². The van der Waals surface area contributed by atoms with Crippen LogP contribution in [0.25, 0.3) is 16.9 Å². The summed E-state index contributed by atoms with van der Waals surface area (Å²) in [6.45, 7) is 2.17. The Hall–Kier alpha value is -4.74. The maximum atomic E-state index is 13.1. The summed E-state index contributed by atoms with van der Waals surface area (Å²) in [4.78, 5) is 25.8. The van der Waals surface area contributed by atoms with E-state index in [-0.39, 0.29) is 6.03 Å². The van der Waals surface area contributed by atoms with E-state index in [9.17, 15) is 4.79 Å². The van der Waals surface area contributed by atoms with Gasteiger partial charge in [0.2, 0.25) is 0 Å². The van der Waals surface area contributed by atoms with Crippen molar-refractivity contribution in [3.8, 4) is 34.1 Å². The zero-order chi connectivity index (χ0) is 26.6. The smallest absolute Gasteiger partial charge is 0.322 e. The van der Waals surface area contributed by atoms with Crippen LogP contribution in [0.4, 0.5) is 16.3 Å². The van der Waals surface area contributed by atoms with Gasteiger partial charge in [0.1, 0.15) is 23.6 Å². The molecular formula is C26H29N7O5. The molecular weight excluding hydrogens is 490 g/mol. The van der Waals surface area contributed by atoms with Crippen LogP contribution in [0.2, 0.25) is 0 Å². The minimum atomic E-state index is -0.211. The summed E-state index contributed by atoms with van der Waals surface area (Å²) in [6, 6.07) is 10.8. The van der Waals surface area contributed by atoms with Crippen molar-refractivity contribution in [1.29, 1.82) is 0 Å². The van der Waals surface area contributed by atoms with Gasteiger partial charge in [-0.25, -0.2) is 9.78 Å². The summed E-state index contributed by atoms with van der Waals surface area (Å²) in [5.74, 6) is 3.78. The number of fused-ring (bicyclic) bond motifs is 1. The maximum absolute atomic E-state index is 13.1. The third-order valence-electron chi connectivity index (χ3n) is 6.49. The van der Waals surface area contributed by atoms with Gasteiger partial charge in [-0.1, -0.05) is 6.07 Å². The highest BCUT2D eigenvalue weighted by molar-refractivity contribution is 5.91. The van der Waals surface area contributed by atoms with Crippen LogP contribution in [-0.2, 0) is 0 Å². The minimum Gasteiger partial charge on any atom is -0.497 e. The van der Waals surface area contributed by atoms with Crippen LogP contribution < -0.4 is 29.2 Å². The lowest BCUT2D eigenvalue weighted by atomic mass is 10.1. The van der Waals surface area contributed by atoms with Crippen molar-refractivity contribution in [2.75, 3.05) is 64.8 Å². The Balaban J connectivity index is 1.39. The van der Waals surface area contributed by atoms with Crippen molar-refractivity contribution in [2.45, 2.75) is 0 Å². The lowest BCUT2D eigenvalue weighted by molar-refractivity contribution is 0.208. The van der Waals surface area contributed by atoms with Gasteiger partial charge in [0.15, 0.2) is 11.5 Å². The number of piperazine rings is 1. The number of methoxy groups -OCH3 is 4. The Morgan fingerprint density at radius 1 is 0.842 bits per heavy atom. The van der Waals surface area contributed by atoms with Crippen molar-refractivity contribution in [3.05, 3.63) is 48.9 Å². The van der Waals surface area contributed by atoms with E-state index in [1.165, 1.54) is 6.33 Å². The zero-order valence-electron chi connectivity index (χ0n) is 21.7. The average Bonchev–Trinajstić information content (AvgIpc) is 3.45. The van der Waals surface area contributed by atoms with Gasteiger partial charge < -0.3 is 34.1 Å². The van der Waals surface area contributed by atoms with Crippen molar-refractivity contribution in [2.24, 2.45) is 0 Å². The second kappa shape index (κ2) is 10.7. The van der Waals surface area contributed by atoms with Gasteiger partial charge in [-0.2, -0.15) is 14.6 Å². The van der Waals surface area contributed by atoms with Crippen molar-refractivity contribution >= 4 is 23.3 Å². The Morgan fingerprint density at radius 3 is 2.29 bits per heavy atom. The van der Waals surface area contributed by atoms with E-state index in [4.69, 9.17) is 18.9 Å². The number of amides is 2. The molecule has 0 atom stereocenters. The van der Waals surface area contributed by atoms with Gasteiger partial charge in [0.25, 0.3) is 5.78 Å². The summed E-state index contributed by atoms with van der Waals surface area (Å²) < 4.78 is 23.3. The van der Waals surface area contributed by atoms with Gasteiger partial charge >= 0.3 is 6.03 Å². The van der Waals surface area contributed by atoms with E-state index in [0.29, 0.717) is 60.6 Å². The van der Waals surface area contributed by atoms with Crippen LogP contribution in [0, 0.1) is 0 Å². The SMILES string of the molecule is COc1ccc(OC)c(NC(=O)N2CCN(c3c(-c4ccc(OC)c(OC)c4)cnc4ncnn34)CC2)c1. The molecule has 0 radical (unpaired) electrons. The Morgan fingerprint density at radius 2 is 1.58 bits per heavy atom. The topological polar surface area (TPSA) is 116 Å². The van der Waals surface area contributed by atoms with E-state index >= 15 is 0 Å². The fourth-order valence-corrected chi connectivity index (χ4v) is 4.51. The number of rotatable bonds is 7. The summed E-state index contributed by atoms with van der Waals surface area (Å²) in [7, 11) is 6.35. The van der Waals surface area contributed by atoms with E-state index in [1.54, 1.807) is 62.3 Å². The lowest BCUT2D eigenvalue weighted by Crippen LogP contribution is -2.50. The monoisotopic (exact) mass is 519 g/mol. The molecule has 1 N–H and O–H groups in total. The van der Waals surface area contributed by atoms with Gasteiger partial charge in [0.05, 0.1) is 34.1 Å². The number of benzene rings is 2. The fraction of sp³-hybridized carbons (Fsp3) is 0.308. The first-order valence-corrected chi connectivity index (χ1v) is 12.0. The van der Waals surface area contributed by atoms with Gasteiger partial charge in [-0.05, 0) is 29.8 Å². The summed E-state index contributed by atoms with van der Waals surface area (Å²) in [5, 5.41) is 7.38. The maximum Gasteiger partial charge on any atom is 0.322 e. The molecule has 2 aromatic carbocycles. The lowest BCUT2D eigenvalue weighted by Gasteiger charge is -2.36. The van der Waals surface area contributed by atoms with Crippen LogP contribution in [0.3, 0.4) is 0 Å². The quantitative estimate of drug-likeness (QED) is 0.393. The molecule has 0 saturated carbocycles. The molecule has 12 nitrogen and oxygen atoms in total. The first-order valence-electron chi connectivity index (χ1n) is 12.0. The third kappa shape index (κ3) is 4.67. The highest BCUT2D eigenvalue weighted by atomic mass is 16.5. The van der Waals surface area contributed by atoms with E-state index in [1.807, 2.05) is 18.2 Å². The second-order valence-corrected chi connectivity index (χ2v) is 8.51. The normalized spacial score (nSPS) is 13.4. The Labute approximate surface area is 219 Å². The highest BCUT2D eigenvalue weighted by Gasteiger charge is 2.26. The number of nitrogens with zero attached hydrogens (tertiary/aromatic N) is 6. The number of anilines is 2. The van der Waals surface area contributed by atoms with Crippen LogP contribution in [0.15, 0.2) is 48.9 Å². The molecule has 3 heterocycles. The molecule has 2 amide bonds. The predicted molar refractivity (Wildman–Crippen MR) is 142 cm³/mol. The molecule has 12 heteroatoms.